The van der Waals surface area contributed by atoms with E-state index in [0.29, 0.717) is 12.1 Å². The number of aromatic amines is 1. The number of aromatic nitrogens is 3. The van der Waals surface area contributed by atoms with Gasteiger partial charge in [0.25, 0.3) is 0 Å². The zero-order valence-corrected chi connectivity index (χ0v) is 18.0. The van der Waals surface area contributed by atoms with Gasteiger partial charge in [-0.15, -0.1) is 0 Å². The van der Waals surface area contributed by atoms with Crippen molar-refractivity contribution < 1.29 is 14.7 Å². The number of aliphatic carboxylic acids is 1. The Kier molecular flexibility index (Phi) is 6.94. The Balaban J connectivity index is 1.40. The number of carbonyl (C=O) groups excluding carboxylic acids is 1. The number of nitrogens with one attached hydrogen (secondary N) is 3. The third-order valence-electron chi connectivity index (χ3n) is 5.25. The Morgan fingerprint density at radius 2 is 1.76 bits per heavy atom. The molecule has 2 aromatic heterocycles. The topological polar surface area (TPSA) is 120 Å². The first-order valence-electron chi connectivity index (χ1n) is 10.8. The van der Waals surface area contributed by atoms with E-state index < -0.39 is 5.97 Å². The van der Waals surface area contributed by atoms with Crippen molar-refractivity contribution in [1.82, 2.24) is 15.0 Å². The minimum Gasteiger partial charge on any atom is -0.481 e. The summed E-state index contributed by atoms with van der Waals surface area (Å²) in [5, 5.41) is 15.8. The largest absolute Gasteiger partial charge is 0.481 e. The molecule has 33 heavy (non-hydrogen) atoms. The smallest absolute Gasteiger partial charge is 0.303 e. The lowest BCUT2D eigenvalue weighted by Gasteiger charge is -2.06. The molecule has 0 aliphatic carbocycles. The molecular weight excluding hydrogens is 418 g/mol. The Bertz CT molecular complexity index is 1240. The summed E-state index contributed by atoms with van der Waals surface area (Å²) >= 11 is 0. The summed E-state index contributed by atoms with van der Waals surface area (Å²) in [7, 11) is 0. The maximum Gasteiger partial charge on any atom is 0.303 e. The van der Waals surface area contributed by atoms with Gasteiger partial charge in [-0.3, -0.25) is 9.59 Å². The molecule has 4 N–H and O–H groups in total. The third-order valence-corrected chi connectivity index (χ3v) is 5.25. The average Bonchev–Trinajstić information content (AvgIpc) is 3.25. The van der Waals surface area contributed by atoms with Crippen LogP contribution in [0.25, 0.3) is 22.3 Å². The maximum absolute atomic E-state index is 11.9. The van der Waals surface area contributed by atoms with Crippen molar-refractivity contribution in [3.05, 3.63) is 72.6 Å². The number of hydrogen-bond acceptors (Lipinski definition) is 5. The number of amides is 1. The van der Waals surface area contributed by atoms with Crippen LogP contribution in [-0.2, 0) is 16.0 Å². The predicted octanol–water partition coefficient (Wildman–Crippen LogP) is 4.47. The van der Waals surface area contributed by atoms with Gasteiger partial charge in [-0.1, -0.05) is 42.5 Å². The van der Waals surface area contributed by atoms with Gasteiger partial charge < -0.3 is 20.7 Å². The molecule has 8 nitrogen and oxygen atoms in total. The normalized spacial score (nSPS) is 10.8. The molecule has 0 unspecified atom stereocenters. The zero-order chi connectivity index (χ0) is 23.0. The molecule has 4 rings (SSSR count). The molecule has 0 radical (unpaired) electrons. The predicted molar refractivity (Wildman–Crippen MR) is 128 cm³/mol. The highest BCUT2D eigenvalue weighted by Crippen LogP contribution is 2.27. The summed E-state index contributed by atoms with van der Waals surface area (Å²) in [6, 6.07) is 19.8. The van der Waals surface area contributed by atoms with E-state index in [-0.39, 0.29) is 18.7 Å². The Morgan fingerprint density at radius 1 is 0.970 bits per heavy atom. The van der Waals surface area contributed by atoms with Crippen molar-refractivity contribution in [3.8, 4) is 11.3 Å². The molecule has 0 fully saturated rings. The molecule has 4 aromatic rings. The van der Waals surface area contributed by atoms with Crippen molar-refractivity contribution in [2.75, 3.05) is 17.2 Å². The fourth-order valence-corrected chi connectivity index (χ4v) is 3.56. The van der Waals surface area contributed by atoms with Gasteiger partial charge in [0.2, 0.25) is 5.91 Å². The lowest BCUT2D eigenvalue weighted by Crippen LogP contribution is -2.11. The lowest BCUT2D eigenvalue weighted by molar-refractivity contribution is -0.137. The highest BCUT2D eigenvalue weighted by molar-refractivity contribution is 5.93. The van der Waals surface area contributed by atoms with Crippen LogP contribution in [-0.4, -0.2) is 38.5 Å². The summed E-state index contributed by atoms with van der Waals surface area (Å²) in [4.78, 5) is 34.6. The molecule has 2 heterocycles. The Labute approximate surface area is 191 Å². The van der Waals surface area contributed by atoms with Gasteiger partial charge in [-0.2, -0.15) is 0 Å². The molecule has 0 spiro atoms. The molecule has 0 atom stereocenters. The summed E-state index contributed by atoms with van der Waals surface area (Å²) in [5.41, 5.74) is 4.53. The van der Waals surface area contributed by atoms with Gasteiger partial charge >= 0.3 is 5.97 Å². The van der Waals surface area contributed by atoms with Crippen LogP contribution in [0.3, 0.4) is 0 Å². The molecule has 0 saturated carbocycles. The quantitative estimate of drug-likeness (QED) is 0.287. The van der Waals surface area contributed by atoms with E-state index in [2.05, 4.69) is 37.7 Å². The highest BCUT2D eigenvalue weighted by atomic mass is 16.4. The number of benzene rings is 2. The second-order valence-corrected chi connectivity index (χ2v) is 7.70. The van der Waals surface area contributed by atoms with E-state index in [0.717, 1.165) is 41.1 Å². The first-order chi connectivity index (χ1) is 16.1. The maximum atomic E-state index is 11.9. The van der Waals surface area contributed by atoms with Crippen molar-refractivity contribution >= 4 is 34.4 Å². The molecule has 0 saturated heterocycles. The van der Waals surface area contributed by atoms with E-state index in [1.165, 1.54) is 11.9 Å². The van der Waals surface area contributed by atoms with E-state index >= 15 is 0 Å². The number of rotatable bonds is 10. The van der Waals surface area contributed by atoms with Gasteiger partial charge in [-0.25, -0.2) is 9.97 Å². The monoisotopic (exact) mass is 443 g/mol. The number of anilines is 2. The first-order valence-corrected chi connectivity index (χ1v) is 10.8. The third kappa shape index (κ3) is 5.94. The van der Waals surface area contributed by atoms with Gasteiger partial charge in [-0.05, 0) is 42.2 Å². The van der Waals surface area contributed by atoms with Crippen LogP contribution < -0.4 is 10.6 Å². The lowest BCUT2D eigenvalue weighted by atomic mass is 10.1. The van der Waals surface area contributed by atoms with Gasteiger partial charge in [0, 0.05) is 30.8 Å². The Morgan fingerprint density at radius 3 is 2.52 bits per heavy atom. The van der Waals surface area contributed by atoms with Crippen LogP contribution >= 0.6 is 0 Å². The molecule has 168 valence electrons. The zero-order valence-electron chi connectivity index (χ0n) is 18.0. The molecule has 1 amide bonds. The first kappa shape index (κ1) is 22.0. The standard InChI is InChI=1S/C25H25N5O3/c31-22(7-4-8-23(32)33)29-19-11-9-18(10-12-19)21-15-20-24(27-16-28-25(20)30-21)26-14-13-17-5-2-1-3-6-17/h1-3,5-6,9-12,15-16H,4,7-8,13-14H2,(H,29,31)(H,32,33)(H2,26,27,28,30). The van der Waals surface area contributed by atoms with Crippen LogP contribution in [0.2, 0.25) is 0 Å². The summed E-state index contributed by atoms with van der Waals surface area (Å²) < 4.78 is 0. The Hall–Kier alpha value is -4.20. The number of carbonyl (C=O) groups is 2. The number of carboxylic acid groups (broad SMARTS) is 1. The number of H-pyrrole nitrogens is 1. The summed E-state index contributed by atoms with van der Waals surface area (Å²) in [6.07, 6.45) is 2.91. The van der Waals surface area contributed by atoms with Crippen LogP contribution in [0, 0.1) is 0 Å². The fraction of sp³-hybridized carbons (Fsp3) is 0.200. The van der Waals surface area contributed by atoms with Crippen molar-refractivity contribution in [2.45, 2.75) is 25.7 Å². The van der Waals surface area contributed by atoms with E-state index in [4.69, 9.17) is 5.11 Å². The summed E-state index contributed by atoms with van der Waals surface area (Å²) in [5.74, 6) is -0.315. The van der Waals surface area contributed by atoms with E-state index in [1.807, 2.05) is 48.5 Å². The van der Waals surface area contributed by atoms with Crippen LogP contribution in [0.15, 0.2) is 67.0 Å². The van der Waals surface area contributed by atoms with Gasteiger partial charge in [0.1, 0.15) is 17.8 Å². The van der Waals surface area contributed by atoms with Crippen molar-refractivity contribution in [2.24, 2.45) is 0 Å². The van der Waals surface area contributed by atoms with Gasteiger partial charge in [0.05, 0.1) is 5.39 Å². The molecule has 8 heteroatoms. The molecule has 0 bridgehead atoms. The molecule has 0 aliphatic heterocycles. The molecular formula is C25H25N5O3. The second-order valence-electron chi connectivity index (χ2n) is 7.70. The number of fused-ring (bicyclic) bond motifs is 1. The van der Waals surface area contributed by atoms with Crippen molar-refractivity contribution in [1.29, 1.82) is 0 Å². The van der Waals surface area contributed by atoms with Gasteiger partial charge in [0.15, 0.2) is 0 Å². The minimum atomic E-state index is -0.898. The summed E-state index contributed by atoms with van der Waals surface area (Å²) in [6.45, 7) is 0.761. The molecule has 0 aliphatic rings. The van der Waals surface area contributed by atoms with Crippen LogP contribution in [0.1, 0.15) is 24.8 Å². The average molecular weight is 444 g/mol. The van der Waals surface area contributed by atoms with Crippen molar-refractivity contribution in [3.63, 3.8) is 0 Å². The number of nitrogens with zero attached hydrogens (tertiary/aromatic N) is 2. The highest BCUT2D eigenvalue weighted by Gasteiger charge is 2.10. The number of hydrogen-bond donors (Lipinski definition) is 4. The minimum absolute atomic E-state index is 0.0151. The van der Waals surface area contributed by atoms with E-state index in [9.17, 15) is 9.59 Å². The SMILES string of the molecule is O=C(O)CCCC(=O)Nc1ccc(-c2cc3c(NCCc4ccccc4)ncnc3[nH]2)cc1. The number of carboxylic acids is 1. The van der Waals surface area contributed by atoms with Crippen LogP contribution in [0.5, 0.6) is 0 Å². The van der Waals surface area contributed by atoms with Crippen LogP contribution in [0.4, 0.5) is 11.5 Å². The second kappa shape index (κ2) is 10.4. The fourth-order valence-electron chi connectivity index (χ4n) is 3.56. The molecule has 2 aromatic carbocycles. The van der Waals surface area contributed by atoms with E-state index in [1.54, 1.807) is 0 Å².